The summed E-state index contributed by atoms with van der Waals surface area (Å²) in [4.78, 5) is 7.77. The van der Waals surface area contributed by atoms with Crippen molar-refractivity contribution in [3.63, 3.8) is 0 Å². The normalized spacial score (nSPS) is 12.4. The lowest BCUT2D eigenvalue weighted by Crippen LogP contribution is -1.98. The van der Waals surface area contributed by atoms with Crippen LogP contribution in [0.2, 0.25) is 5.02 Å². The van der Waals surface area contributed by atoms with Gasteiger partial charge in [0.05, 0.1) is 0 Å². The number of halogens is 2. The van der Waals surface area contributed by atoms with Gasteiger partial charge in [-0.1, -0.05) is 35.9 Å². The maximum atomic E-state index is 15.0. The van der Waals surface area contributed by atoms with Crippen molar-refractivity contribution in [3.05, 3.63) is 83.4 Å². The molecule has 0 aliphatic heterocycles. The van der Waals surface area contributed by atoms with E-state index in [0.717, 1.165) is 11.0 Å². The van der Waals surface area contributed by atoms with Gasteiger partial charge in [-0.3, -0.25) is 0 Å². The van der Waals surface area contributed by atoms with E-state index >= 15 is 4.39 Å². The van der Waals surface area contributed by atoms with E-state index in [1.54, 1.807) is 18.2 Å². The molecular weight excluding hydrogens is 327 g/mol. The summed E-state index contributed by atoms with van der Waals surface area (Å²) >= 11 is 6.13. The first kappa shape index (κ1) is 14.8. The van der Waals surface area contributed by atoms with Gasteiger partial charge in [0.2, 0.25) is 0 Å². The van der Waals surface area contributed by atoms with E-state index in [2.05, 4.69) is 9.97 Å². The third-order valence-electron chi connectivity index (χ3n) is 3.85. The van der Waals surface area contributed by atoms with Crippen molar-refractivity contribution in [2.24, 2.45) is 0 Å². The quantitative estimate of drug-likeness (QED) is 0.488. The van der Waals surface area contributed by atoms with Crippen molar-refractivity contribution in [2.75, 3.05) is 0 Å². The third-order valence-corrected chi connectivity index (χ3v) is 4.09. The standard InChI is InChI=1S/C19H12ClFN2O/c20-14-5-6-15(19(21)13-9-22-11-23-10-13)16(8-14)18-7-12-3-1-2-4-17(12)24-18/h1-11,19H. The molecule has 5 heteroatoms. The first-order valence-corrected chi connectivity index (χ1v) is 7.77. The van der Waals surface area contributed by atoms with Gasteiger partial charge in [0.25, 0.3) is 0 Å². The van der Waals surface area contributed by atoms with Crippen LogP contribution < -0.4 is 0 Å². The monoisotopic (exact) mass is 338 g/mol. The summed E-state index contributed by atoms with van der Waals surface area (Å²) in [5.41, 5.74) is 2.22. The van der Waals surface area contributed by atoms with E-state index in [1.807, 2.05) is 30.3 Å². The van der Waals surface area contributed by atoms with Crippen LogP contribution in [0.15, 0.2) is 71.7 Å². The topological polar surface area (TPSA) is 38.9 Å². The van der Waals surface area contributed by atoms with Gasteiger partial charge in [-0.2, -0.15) is 0 Å². The van der Waals surface area contributed by atoms with E-state index in [-0.39, 0.29) is 0 Å². The molecule has 0 aliphatic carbocycles. The summed E-state index contributed by atoms with van der Waals surface area (Å²) in [7, 11) is 0. The Morgan fingerprint density at radius 1 is 1.00 bits per heavy atom. The molecule has 0 N–H and O–H groups in total. The van der Waals surface area contributed by atoms with Crippen LogP contribution >= 0.6 is 11.6 Å². The predicted octanol–water partition coefficient (Wildman–Crippen LogP) is 5.60. The van der Waals surface area contributed by atoms with E-state index < -0.39 is 6.17 Å². The van der Waals surface area contributed by atoms with Gasteiger partial charge >= 0.3 is 0 Å². The molecule has 1 unspecified atom stereocenters. The number of hydrogen-bond donors (Lipinski definition) is 0. The third kappa shape index (κ3) is 2.65. The summed E-state index contributed by atoms with van der Waals surface area (Å²) in [5.74, 6) is 0.577. The zero-order valence-electron chi connectivity index (χ0n) is 12.5. The van der Waals surface area contributed by atoms with Crippen molar-refractivity contribution in [2.45, 2.75) is 6.17 Å². The molecule has 0 aliphatic rings. The van der Waals surface area contributed by atoms with Crippen LogP contribution in [0.1, 0.15) is 17.3 Å². The molecule has 24 heavy (non-hydrogen) atoms. The molecule has 0 saturated carbocycles. The number of benzene rings is 2. The second-order valence-corrected chi connectivity index (χ2v) is 5.85. The Balaban J connectivity index is 1.87. The Morgan fingerprint density at radius 3 is 2.58 bits per heavy atom. The molecule has 2 aromatic heterocycles. The number of para-hydroxylation sites is 1. The first-order valence-electron chi connectivity index (χ1n) is 7.40. The van der Waals surface area contributed by atoms with Crippen LogP contribution in [0.5, 0.6) is 0 Å². The van der Waals surface area contributed by atoms with Gasteiger partial charge in [0.1, 0.15) is 17.7 Å². The smallest absolute Gasteiger partial charge is 0.154 e. The van der Waals surface area contributed by atoms with Gasteiger partial charge in [-0.25, -0.2) is 14.4 Å². The number of hydrogen-bond acceptors (Lipinski definition) is 3. The summed E-state index contributed by atoms with van der Waals surface area (Å²) in [6, 6.07) is 14.6. The average Bonchev–Trinajstić information content (AvgIpc) is 3.06. The minimum absolute atomic E-state index is 0.386. The number of rotatable bonds is 3. The van der Waals surface area contributed by atoms with Crippen molar-refractivity contribution < 1.29 is 8.81 Å². The molecule has 0 fully saturated rings. The van der Waals surface area contributed by atoms with E-state index in [1.165, 1.54) is 18.7 Å². The van der Waals surface area contributed by atoms with Crippen LogP contribution in [-0.4, -0.2) is 9.97 Å². The van der Waals surface area contributed by atoms with Crippen LogP contribution in [0.25, 0.3) is 22.3 Å². The zero-order chi connectivity index (χ0) is 16.5. The highest BCUT2D eigenvalue weighted by Gasteiger charge is 2.20. The largest absolute Gasteiger partial charge is 0.456 e. The van der Waals surface area contributed by atoms with E-state index in [4.69, 9.17) is 16.0 Å². The van der Waals surface area contributed by atoms with Gasteiger partial charge in [0.15, 0.2) is 6.17 Å². The summed E-state index contributed by atoms with van der Waals surface area (Å²) in [5, 5.41) is 1.47. The Labute approximate surface area is 142 Å². The van der Waals surface area contributed by atoms with Gasteiger partial charge in [-0.05, 0) is 24.3 Å². The minimum Gasteiger partial charge on any atom is -0.456 e. The fraction of sp³-hybridized carbons (Fsp3) is 0.0526. The summed E-state index contributed by atoms with van der Waals surface area (Å²) in [6.07, 6.45) is 2.94. The SMILES string of the molecule is FC(c1cncnc1)c1ccc(Cl)cc1-c1cc2ccccc2o1. The molecule has 0 amide bonds. The zero-order valence-corrected chi connectivity index (χ0v) is 13.2. The number of aromatic nitrogens is 2. The highest BCUT2D eigenvalue weighted by atomic mass is 35.5. The van der Waals surface area contributed by atoms with Crippen molar-refractivity contribution >= 4 is 22.6 Å². The lowest BCUT2D eigenvalue weighted by molar-refractivity contribution is 0.400. The molecule has 2 aromatic carbocycles. The first-order chi connectivity index (χ1) is 11.7. The molecule has 0 saturated heterocycles. The molecule has 118 valence electrons. The molecule has 4 rings (SSSR count). The number of furan rings is 1. The fourth-order valence-electron chi connectivity index (χ4n) is 2.70. The Morgan fingerprint density at radius 2 is 1.79 bits per heavy atom. The molecule has 4 aromatic rings. The van der Waals surface area contributed by atoms with Crippen molar-refractivity contribution in [3.8, 4) is 11.3 Å². The minimum atomic E-state index is -1.37. The average molecular weight is 339 g/mol. The van der Waals surface area contributed by atoms with Crippen LogP contribution in [0.4, 0.5) is 4.39 Å². The van der Waals surface area contributed by atoms with Crippen LogP contribution in [0.3, 0.4) is 0 Å². The molecule has 0 bridgehead atoms. The summed E-state index contributed by atoms with van der Waals surface area (Å²) in [6.45, 7) is 0. The second kappa shape index (κ2) is 6.06. The van der Waals surface area contributed by atoms with Gasteiger partial charge in [-0.15, -0.1) is 0 Å². The highest BCUT2D eigenvalue weighted by molar-refractivity contribution is 6.30. The lowest BCUT2D eigenvalue weighted by Gasteiger charge is -2.12. The van der Waals surface area contributed by atoms with Crippen LogP contribution in [0, 0.1) is 0 Å². The maximum absolute atomic E-state index is 15.0. The molecule has 0 spiro atoms. The Kier molecular flexibility index (Phi) is 3.75. The molecule has 3 nitrogen and oxygen atoms in total. The molecule has 1 atom stereocenters. The Hall–Kier alpha value is -2.72. The predicted molar refractivity (Wildman–Crippen MR) is 91.6 cm³/mol. The highest BCUT2D eigenvalue weighted by Crippen LogP contribution is 2.37. The van der Waals surface area contributed by atoms with E-state index in [0.29, 0.717) is 27.5 Å². The maximum Gasteiger partial charge on any atom is 0.154 e. The number of alkyl halides is 1. The van der Waals surface area contributed by atoms with E-state index in [9.17, 15) is 0 Å². The Bertz CT molecular complexity index is 968. The van der Waals surface area contributed by atoms with Crippen molar-refractivity contribution in [1.82, 2.24) is 9.97 Å². The fourth-order valence-corrected chi connectivity index (χ4v) is 2.87. The number of fused-ring (bicyclic) bond motifs is 1. The van der Waals surface area contributed by atoms with Crippen molar-refractivity contribution in [1.29, 1.82) is 0 Å². The van der Waals surface area contributed by atoms with Gasteiger partial charge < -0.3 is 4.42 Å². The van der Waals surface area contributed by atoms with Gasteiger partial charge in [0, 0.05) is 39.5 Å². The van der Waals surface area contributed by atoms with Crippen LogP contribution in [-0.2, 0) is 0 Å². The molecule has 2 heterocycles. The number of nitrogens with zero attached hydrogens (tertiary/aromatic N) is 2. The lowest BCUT2D eigenvalue weighted by atomic mass is 9.98. The molecule has 0 radical (unpaired) electrons. The second-order valence-electron chi connectivity index (χ2n) is 5.41. The molecular formula is C19H12ClFN2O. The summed E-state index contributed by atoms with van der Waals surface area (Å²) < 4.78 is 20.9.